The zero-order valence-electron chi connectivity index (χ0n) is 8.89. The first-order valence-corrected chi connectivity index (χ1v) is 5.84. The number of nitrogens with zero attached hydrogens (tertiary/aromatic N) is 1. The van der Waals surface area contributed by atoms with Crippen LogP contribution in [0.3, 0.4) is 0 Å². The largest absolute Gasteiger partial charge is 0.481 e. The lowest BCUT2D eigenvalue weighted by molar-refractivity contribution is -0.136. The first-order valence-electron chi connectivity index (χ1n) is 5.04. The number of fused-ring (bicyclic) bond motifs is 1. The highest BCUT2D eigenvalue weighted by atomic mass is 79.9. The summed E-state index contributed by atoms with van der Waals surface area (Å²) in [5, 5.41) is 9.71. The van der Waals surface area contributed by atoms with Gasteiger partial charge in [-0.25, -0.2) is 0 Å². The Morgan fingerprint density at radius 1 is 1.47 bits per heavy atom. The molecule has 0 unspecified atom stereocenters. The maximum Gasteiger partial charge on any atom is 0.307 e. The van der Waals surface area contributed by atoms with Crippen molar-refractivity contribution < 1.29 is 14.7 Å². The molecule has 0 aliphatic rings. The minimum Gasteiger partial charge on any atom is -0.481 e. The van der Waals surface area contributed by atoms with Crippen molar-refractivity contribution in [3.8, 4) is 0 Å². The number of carboxylic acids is 1. The number of rotatable bonds is 4. The highest BCUT2D eigenvalue weighted by Gasteiger charge is 2.11. The van der Waals surface area contributed by atoms with Crippen LogP contribution in [-0.2, 0) is 22.6 Å². The zero-order chi connectivity index (χ0) is 12.4. The third-order valence-corrected chi connectivity index (χ3v) is 3.03. The number of hydrogen-bond acceptors (Lipinski definition) is 2. The second-order valence-corrected chi connectivity index (χ2v) is 4.62. The van der Waals surface area contributed by atoms with Gasteiger partial charge in [-0.1, -0.05) is 15.9 Å². The summed E-state index contributed by atoms with van der Waals surface area (Å²) < 4.78 is 2.65. The maximum absolute atomic E-state index is 10.8. The number of carboxylic acid groups (broad SMARTS) is 1. The molecule has 0 atom stereocenters. The number of carbonyl (C=O) groups is 2. The Bertz CT molecular complexity index is 589. The van der Waals surface area contributed by atoms with Gasteiger partial charge in [-0.15, -0.1) is 0 Å². The average molecular weight is 296 g/mol. The van der Waals surface area contributed by atoms with Crippen LogP contribution in [0.15, 0.2) is 28.9 Å². The van der Waals surface area contributed by atoms with Gasteiger partial charge in [0.1, 0.15) is 6.29 Å². The summed E-state index contributed by atoms with van der Waals surface area (Å²) in [6.07, 6.45) is 2.48. The first kappa shape index (κ1) is 11.9. The highest BCUT2D eigenvalue weighted by molar-refractivity contribution is 9.10. The van der Waals surface area contributed by atoms with E-state index < -0.39 is 5.97 Å². The molecule has 4 nitrogen and oxygen atoms in total. The standard InChI is InChI=1S/C12H10BrNO3/c13-9-1-2-11-10(6-9)8(5-12(16)17)7-14(11)3-4-15/h1-2,4,6-7H,3,5H2,(H,16,17). The number of halogens is 1. The van der Waals surface area contributed by atoms with Gasteiger partial charge in [-0.3, -0.25) is 4.79 Å². The molecular formula is C12H10BrNO3. The summed E-state index contributed by atoms with van der Waals surface area (Å²) in [6, 6.07) is 5.61. The van der Waals surface area contributed by atoms with Crippen LogP contribution in [0.1, 0.15) is 5.56 Å². The van der Waals surface area contributed by atoms with Gasteiger partial charge in [-0.05, 0) is 23.8 Å². The molecule has 0 amide bonds. The average Bonchev–Trinajstić information content (AvgIpc) is 2.56. The number of benzene rings is 1. The van der Waals surface area contributed by atoms with Crippen LogP contribution in [0.2, 0.25) is 0 Å². The predicted octanol–water partition coefficient (Wildman–Crippen LogP) is 2.23. The van der Waals surface area contributed by atoms with E-state index in [9.17, 15) is 9.59 Å². The summed E-state index contributed by atoms with van der Waals surface area (Å²) in [5.41, 5.74) is 1.59. The molecule has 2 aromatic rings. The highest BCUT2D eigenvalue weighted by Crippen LogP contribution is 2.25. The van der Waals surface area contributed by atoms with E-state index in [0.717, 1.165) is 27.2 Å². The van der Waals surface area contributed by atoms with Crippen LogP contribution >= 0.6 is 15.9 Å². The Kier molecular flexibility index (Phi) is 3.28. The van der Waals surface area contributed by atoms with E-state index in [1.165, 1.54) is 0 Å². The molecule has 1 aromatic carbocycles. The predicted molar refractivity (Wildman–Crippen MR) is 67.0 cm³/mol. The summed E-state index contributed by atoms with van der Waals surface area (Å²) >= 11 is 3.35. The van der Waals surface area contributed by atoms with Crippen molar-refractivity contribution in [3.05, 3.63) is 34.4 Å². The van der Waals surface area contributed by atoms with Gasteiger partial charge in [0, 0.05) is 21.6 Å². The van der Waals surface area contributed by atoms with Gasteiger partial charge in [0.05, 0.1) is 13.0 Å². The maximum atomic E-state index is 10.8. The van der Waals surface area contributed by atoms with Crippen LogP contribution in [-0.4, -0.2) is 21.9 Å². The van der Waals surface area contributed by atoms with E-state index in [0.29, 0.717) is 0 Å². The smallest absolute Gasteiger partial charge is 0.307 e. The van der Waals surface area contributed by atoms with E-state index in [-0.39, 0.29) is 13.0 Å². The van der Waals surface area contributed by atoms with Crippen molar-refractivity contribution in [2.24, 2.45) is 0 Å². The Morgan fingerprint density at radius 3 is 2.88 bits per heavy atom. The van der Waals surface area contributed by atoms with Crippen molar-refractivity contribution in [3.63, 3.8) is 0 Å². The topological polar surface area (TPSA) is 59.3 Å². The molecule has 0 saturated heterocycles. The minimum absolute atomic E-state index is 0.0428. The lowest BCUT2D eigenvalue weighted by Crippen LogP contribution is -1.99. The monoisotopic (exact) mass is 295 g/mol. The van der Waals surface area contributed by atoms with Gasteiger partial charge in [0.25, 0.3) is 0 Å². The third kappa shape index (κ3) is 2.39. The number of carbonyl (C=O) groups excluding carboxylic acids is 1. The fourth-order valence-electron chi connectivity index (χ4n) is 1.88. The van der Waals surface area contributed by atoms with Crippen LogP contribution in [0.25, 0.3) is 10.9 Å². The molecule has 0 bridgehead atoms. The van der Waals surface area contributed by atoms with Crippen molar-refractivity contribution in [2.45, 2.75) is 13.0 Å². The molecule has 0 fully saturated rings. The van der Waals surface area contributed by atoms with E-state index in [1.54, 1.807) is 10.8 Å². The molecule has 0 radical (unpaired) electrons. The first-order chi connectivity index (χ1) is 8.11. The number of aliphatic carboxylic acids is 1. The van der Waals surface area contributed by atoms with Gasteiger partial charge in [-0.2, -0.15) is 0 Å². The summed E-state index contributed by atoms with van der Waals surface area (Å²) in [6.45, 7) is 0.234. The molecule has 0 spiro atoms. The fraction of sp³-hybridized carbons (Fsp3) is 0.167. The summed E-state index contributed by atoms with van der Waals surface area (Å²) in [4.78, 5) is 21.3. The molecular weight excluding hydrogens is 286 g/mol. The van der Waals surface area contributed by atoms with Crippen molar-refractivity contribution in [1.29, 1.82) is 0 Å². The Balaban J connectivity index is 2.61. The molecule has 0 aliphatic heterocycles. The van der Waals surface area contributed by atoms with Crippen molar-refractivity contribution >= 4 is 39.1 Å². The minimum atomic E-state index is -0.880. The molecule has 1 N–H and O–H groups in total. The van der Waals surface area contributed by atoms with Gasteiger partial charge in [0.2, 0.25) is 0 Å². The van der Waals surface area contributed by atoms with E-state index in [2.05, 4.69) is 15.9 Å². The molecule has 88 valence electrons. The van der Waals surface area contributed by atoms with Crippen molar-refractivity contribution in [1.82, 2.24) is 4.57 Å². The van der Waals surface area contributed by atoms with Crippen LogP contribution in [0.5, 0.6) is 0 Å². The molecule has 0 aliphatic carbocycles. The third-order valence-electron chi connectivity index (χ3n) is 2.54. The fourth-order valence-corrected chi connectivity index (χ4v) is 2.24. The summed E-state index contributed by atoms with van der Waals surface area (Å²) in [7, 11) is 0. The molecule has 2 rings (SSSR count). The Hall–Kier alpha value is -1.62. The lowest BCUT2D eigenvalue weighted by Gasteiger charge is -1.99. The van der Waals surface area contributed by atoms with Gasteiger partial charge >= 0.3 is 5.97 Å². The quantitative estimate of drug-likeness (QED) is 0.880. The second kappa shape index (κ2) is 4.71. The van der Waals surface area contributed by atoms with E-state index in [1.807, 2.05) is 18.2 Å². The zero-order valence-corrected chi connectivity index (χ0v) is 10.5. The van der Waals surface area contributed by atoms with Gasteiger partial charge < -0.3 is 14.5 Å². The van der Waals surface area contributed by atoms with Crippen molar-refractivity contribution in [2.75, 3.05) is 0 Å². The lowest BCUT2D eigenvalue weighted by atomic mass is 10.1. The van der Waals surface area contributed by atoms with Gasteiger partial charge in [0.15, 0.2) is 0 Å². The Morgan fingerprint density at radius 2 is 2.24 bits per heavy atom. The van der Waals surface area contributed by atoms with E-state index >= 15 is 0 Å². The molecule has 1 heterocycles. The number of hydrogen-bond donors (Lipinski definition) is 1. The normalized spacial score (nSPS) is 10.6. The molecule has 17 heavy (non-hydrogen) atoms. The number of aromatic nitrogens is 1. The van der Waals surface area contributed by atoms with E-state index in [4.69, 9.17) is 5.11 Å². The number of aldehydes is 1. The van der Waals surface area contributed by atoms with Crippen LogP contribution in [0, 0.1) is 0 Å². The SMILES string of the molecule is O=CCn1cc(CC(=O)O)c2cc(Br)ccc21. The second-order valence-electron chi connectivity index (χ2n) is 3.71. The molecule has 0 saturated carbocycles. The van der Waals surface area contributed by atoms with Crippen LogP contribution in [0.4, 0.5) is 0 Å². The molecule has 1 aromatic heterocycles. The Labute approximate surface area is 106 Å². The summed E-state index contributed by atoms with van der Waals surface area (Å²) in [5.74, 6) is -0.880. The van der Waals surface area contributed by atoms with Crippen LogP contribution < -0.4 is 0 Å². The molecule has 5 heteroatoms.